The second kappa shape index (κ2) is 10.5. The molecule has 2 rings (SSSR count). The number of carbonyl (C=O) groups is 2. The quantitative estimate of drug-likeness (QED) is 0.366. The summed E-state index contributed by atoms with van der Waals surface area (Å²) in [6.45, 7) is 0. The lowest BCUT2D eigenvalue weighted by Crippen LogP contribution is -2.29. The number of hydrogen-bond donors (Lipinski definition) is 1. The Morgan fingerprint density at radius 1 is 0.903 bits per heavy atom. The first kappa shape index (κ1) is 23.7. The Balaban J connectivity index is 2.06. The van der Waals surface area contributed by atoms with Crippen molar-refractivity contribution in [2.45, 2.75) is 19.0 Å². The second-order valence-electron chi connectivity index (χ2n) is 6.22. The fourth-order valence-corrected chi connectivity index (χ4v) is 2.62. The van der Waals surface area contributed by atoms with Gasteiger partial charge in [-0.05, 0) is 30.3 Å². The van der Waals surface area contributed by atoms with Crippen molar-refractivity contribution in [2.75, 3.05) is 21.3 Å². The number of carbonyl (C=O) groups excluding carboxylic acids is 2. The minimum Gasteiger partial charge on any atom is -0.497 e. The lowest BCUT2D eigenvalue weighted by Gasteiger charge is -2.12. The number of Topliss-reactive ketones (excluding diaryl/α,β-unsaturated/α-hetero) is 1. The van der Waals surface area contributed by atoms with Gasteiger partial charge in [-0.3, -0.25) is 9.59 Å². The van der Waals surface area contributed by atoms with Crippen molar-refractivity contribution in [1.29, 1.82) is 0 Å². The molecule has 1 amide bonds. The lowest BCUT2D eigenvalue weighted by atomic mass is 10.1. The van der Waals surface area contributed by atoms with E-state index in [-0.39, 0.29) is 35.5 Å². The molecular formula is C21H21F3N2O5. The van der Waals surface area contributed by atoms with Crippen LogP contribution in [0.1, 0.15) is 28.8 Å². The van der Waals surface area contributed by atoms with E-state index < -0.39 is 17.8 Å². The van der Waals surface area contributed by atoms with Crippen LogP contribution in [0.15, 0.2) is 47.6 Å². The van der Waals surface area contributed by atoms with Crippen LogP contribution < -0.4 is 19.6 Å². The molecule has 0 radical (unpaired) electrons. The highest BCUT2D eigenvalue weighted by atomic mass is 19.4. The minimum atomic E-state index is -4.81. The lowest BCUT2D eigenvalue weighted by molar-refractivity contribution is -0.121. The molecule has 166 valence electrons. The molecule has 31 heavy (non-hydrogen) atoms. The van der Waals surface area contributed by atoms with Crippen molar-refractivity contribution in [2.24, 2.45) is 5.10 Å². The molecule has 0 aliphatic rings. The van der Waals surface area contributed by atoms with Gasteiger partial charge in [-0.25, -0.2) is 5.43 Å². The molecule has 2 aromatic carbocycles. The van der Waals surface area contributed by atoms with Gasteiger partial charge in [0.1, 0.15) is 5.75 Å². The number of nitrogens with one attached hydrogen (secondary N) is 1. The summed E-state index contributed by atoms with van der Waals surface area (Å²) in [4.78, 5) is 24.3. The largest absolute Gasteiger partial charge is 0.497 e. The van der Waals surface area contributed by atoms with E-state index in [0.29, 0.717) is 11.5 Å². The van der Waals surface area contributed by atoms with Crippen LogP contribution in [0.25, 0.3) is 0 Å². The zero-order chi connectivity index (χ0) is 23.0. The molecule has 10 heteroatoms. The number of rotatable bonds is 9. The van der Waals surface area contributed by atoms with Crippen LogP contribution in [-0.2, 0) is 4.79 Å². The topological polar surface area (TPSA) is 86.2 Å². The summed E-state index contributed by atoms with van der Waals surface area (Å²) in [7, 11) is 4.18. The van der Waals surface area contributed by atoms with Gasteiger partial charge < -0.3 is 14.2 Å². The van der Waals surface area contributed by atoms with E-state index in [0.717, 1.165) is 6.07 Å². The van der Waals surface area contributed by atoms with Gasteiger partial charge >= 0.3 is 6.18 Å². The Kier molecular flexibility index (Phi) is 8.00. The summed E-state index contributed by atoms with van der Waals surface area (Å²) in [5.74, 6) is -0.234. The molecule has 0 spiro atoms. The summed E-state index contributed by atoms with van der Waals surface area (Å²) in [5.41, 5.74) is 0.587. The molecule has 0 saturated heterocycles. The Morgan fingerprint density at radius 3 is 2.23 bits per heavy atom. The Hall–Kier alpha value is -3.56. The molecule has 0 heterocycles. The number of alkyl halides is 3. The highest BCUT2D eigenvalue weighted by Gasteiger charge is 2.37. The van der Waals surface area contributed by atoms with Crippen molar-refractivity contribution in [1.82, 2.24) is 5.43 Å². The van der Waals surface area contributed by atoms with Gasteiger partial charge in [0.2, 0.25) is 5.91 Å². The van der Waals surface area contributed by atoms with E-state index in [1.807, 2.05) is 5.43 Å². The predicted octanol–water partition coefficient (Wildman–Crippen LogP) is 3.76. The third kappa shape index (κ3) is 6.46. The van der Waals surface area contributed by atoms with Gasteiger partial charge in [0.15, 0.2) is 23.0 Å². The van der Waals surface area contributed by atoms with Crippen LogP contribution in [0.3, 0.4) is 0 Å². The number of benzene rings is 2. The SMILES string of the molecule is COc1cccc(/C(=N/NC(=O)CCC(=O)c2ccc(OC)c(OC)c2)C(F)(F)F)c1. The van der Waals surface area contributed by atoms with Crippen LogP contribution in [0, 0.1) is 0 Å². The number of halogens is 3. The van der Waals surface area contributed by atoms with Crippen LogP contribution in [-0.4, -0.2) is 44.9 Å². The second-order valence-corrected chi connectivity index (χ2v) is 6.22. The van der Waals surface area contributed by atoms with E-state index in [1.54, 1.807) is 6.07 Å². The standard InChI is InChI=1S/C21H21F3N2O5/c1-29-15-6-4-5-14(11-15)20(21(22,23)24)26-25-19(28)10-8-16(27)13-7-9-17(30-2)18(12-13)31-3/h4-7,9,11-12H,8,10H2,1-3H3,(H,25,28)/b26-20-. The van der Waals surface area contributed by atoms with Gasteiger partial charge in [0.05, 0.1) is 21.3 Å². The smallest absolute Gasteiger partial charge is 0.435 e. The van der Waals surface area contributed by atoms with Gasteiger partial charge in [-0.2, -0.15) is 18.3 Å². The third-order valence-corrected chi connectivity index (χ3v) is 4.19. The predicted molar refractivity (Wildman–Crippen MR) is 107 cm³/mol. The monoisotopic (exact) mass is 438 g/mol. The van der Waals surface area contributed by atoms with Crippen molar-refractivity contribution in [3.63, 3.8) is 0 Å². The normalized spacial score (nSPS) is 11.6. The number of hydrogen-bond acceptors (Lipinski definition) is 6. The van der Waals surface area contributed by atoms with Gasteiger partial charge in [-0.15, -0.1) is 0 Å². The molecule has 0 aromatic heterocycles. The summed E-state index contributed by atoms with van der Waals surface area (Å²) < 4.78 is 55.2. The number of ether oxygens (including phenoxy) is 3. The molecule has 0 bridgehead atoms. The Morgan fingerprint density at radius 2 is 1.61 bits per heavy atom. The molecule has 0 unspecified atom stereocenters. The number of hydrazone groups is 1. The maximum Gasteiger partial charge on any atom is 0.435 e. The van der Waals surface area contributed by atoms with E-state index in [1.165, 1.54) is 51.7 Å². The Bertz CT molecular complexity index is 974. The fraction of sp³-hybridized carbons (Fsp3) is 0.286. The Labute approximate surface area is 176 Å². The van der Waals surface area contributed by atoms with Crippen molar-refractivity contribution < 1.29 is 37.0 Å². The number of nitrogens with zero attached hydrogens (tertiary/aromatic N) is 1. The van der Waals surface area contributed by atoms with Crippen molar-refractivity contribution in [3.05, 3.63) is 53.6 Å². The first-order valence-corrected chi connectivity index (χ1v) is 9.03. The number of ketones is 1. The molecule has 1 N–H and O–H groups in total. The zero-order valence-corrected chi connectivity index (χ0v) is 17.1. The van der Waals surface area contributed by atoms with Gasteiger partial charge in [-0.1, -0.05) is 12.1 Å². The fourth-order valence-electron chi connectivity index (χ4n) is 2.62. The van der Waals surface area contributed by atoms with Crippen LogP contribution in [0.2, 0.25) is 0 Å². The minimum absolute atomic E-state index is 0.210. The molecule has 0 fully saturated rings. The van der Waals surface area contributed by atoms with E-state index in [4.69, 9.17) is 14.2 Å². The van der Waals surface area contributed by atoms with Crippen LogP contribution in [0.5, 0.6) is 17.2 Å². The summed E-state index contributed by atoms with van der Waals surface area (Å²) >= 11 is 0. The van der Waals surface area contributed by atoms with Gasteiger partial charge in [0, 0.05) is 24.0 Å². The van der Waals surface area contributed by atoms with Crippen molar-refractivity contribution in [3.8, 4) is 17.2 Å². The maximum absolute atomic E-state index is 13.4. The maximum atomic E-state index is 13.4. The van der Waals surface area contributed by atoms with E-state index >= 15 is 0 Å². The third-order valence-electron chi connectivity index (χ3n) is 4.19. The zero-order valence-electron chi connectivity index (χ0n) is 17.1. The van der Waals surface area contributed by atoms with Gasteiger partial charge in [0.25, 0.3) is 0 Å². The van der Waals surface area contributed by atoms with E-state index in [2.05, 4.69) is 5.10 Å². The molecule has 2 aromatic rings. The molecule has 0 saturated carbocycles. The molecule has 7 nitrogen and oxygen atoms in total. The summed E-state index contributed by atoms with van der Waals surface area (Å²) in [5, 5.41) is 3.23. The molecule has 0 aliphatic carbocycles. The molecule has 0 atom stereocenters. The molecule has 0 aliphatic heterocycles. The average Bonchev–Trinajstić information content (AvgIpc) is 2.76. The first-order chi connectivity index (χ1) is 14.7. The summed E-state index contributed by atoms with van der Waals surface area (Å²) in [6.07, 6.45) is -5.38. The van der Waals surface area contributed by atoms with E-state index in [9.17, 15) is 22.8 Å². The van der Waals surface area contributed by atoms with Crippen LogP contribution in [0.4, 0.5) is 13.2 Å². The first-order valence-electron chi connectivity index (χ1n) is 9.03. The number of amides is 1. The van der Waals surface area contributed by atoms with Crippen LogP contribution >= 0.6 is 0 Å². The average molecular weight is 438 g/mol. The highest BCUT2D eigenvalue weighted by molar-refractivity contribution is 6.05. The summed E-state index contributed by atoms with van der Waals surface area (Å²) in [6, 6.07) is 9.71. The highest BCUT2D eigenvalue weighted by Crippen LogP contribution is 2.28. The van der Waals surface area contributed by atoms with Crippen molar-refractivity contribution >= 4 is 17.4 Å². The number of methoxy groups -OCH3 is 3. The molecular weight excluding hydrogens is 417 g/mol.